The molecule has 2 heteroatoms. The zero-order valence-corrected chi connectivity index (χ0v) is 12.5. The smallest absolute Gasteiger partial charge is 0.127 e. The summed E-state index contributed by atoms with van der Waals surface area (Å²) in [5.41, 5.74) is 2.52. The van der Waals surface area contributed by atoms with E-state index < -0.39 is 0 Å². The van der Waals surface area contributed by atoms with Crippen LogP contribution >= 0.6 is 0 Å². The van der Waals surface area contributed by atoms with Crippen molar-refractivity contribution >= 4 is 0 Å². The average molecular weight is 290 g/mol. The fourth-order valence-corrected chi connectivity index (χ4v) is 2.28. The van der Waals surface area contributed by atoms with E-state index in [9.17, 15) is 0 Å². The Morgan fingerprint density at radius 2 is 1.09 bits per heavy atom. The zero-order valence-electron chi connectivity index (χ0n) is 12.5. The van der Waals surface area contributed by atoms with Crippen LogP contribution < -0.4 is 9.47 Å². The highest BCUT2D eigenvalue weighted by Crippen LogP contribution is 2.22. The van der Waals surface area contributed by atoms with E-state index in [-0.39, 0.29) is 0 Å². The predicted molar refractivity (Wildman–Crippen MR) is 88.8 cm³/mol. The van der Waals surface area contributed by atoms with Crippen molar-refractivity contribution in [2.24, 2.45) is 0 Å². The van der Waals surface area contributed by atoms with Crippen molar-refractivity contribution in [1.82, 2.24) is 0 Å². The Morgan fingerprint density at radius 3 is 1.64 bits per heavy atom. The standard InChI is InChI=1S/C20H18O2/c1-21-18-11-7-16(8-12-18)15-17-9-13-20(14-10-17)22-19-5-3-2-4-6-19/h2-14H,15H2,1H3. The molecule has 0 fully saturated rings. The monoisotopic (exact) mass is 290 g/mol. The fourth-order valence-electron chi connectivity index (χ4n) is 2.28. The van der Waals surface area contributed by atoms with Gasteiger partial charge in [0.25, 0.3) is 0 Å². The van der Waals surface area contributed by atoms with Gasteiger partial charge < -0.3 is 9.47 Å². The van der Waals surface area contributed by atoms with Crippen LogP contribution in [0.3, 0.4) is 0 Å². The van der Waals surface area contributed by atoms with Crippen LogP contribution in [0.15, 0.2) is 78.9 Å². The molecule has 110 valence electrons. The van der Waals surface area contributed by atoms with Gasteiger partial charge in [-0.2, -0.15) is 0 Å². The number of methoxy groups -OCH3 is 1. The fraction of sp³-hybridized carbons (Fsp3) is 0.100. The van der Waals surface area contributed by atoms with Gasteiger partial charge in [0.2, 0.25) is 0 Å². The molecule has 0 aliphatic carbocycles. The number of ether oxygens (including phenoxy) is 2. The summed E-state index contributed by atoms with van der Waals surface area (Å²) in [4.78, 5) is 0. The first-order chi connectivity index (χ1) is 10.8. The second kappa shape index (κ2) is 6.81. The third-order valence-electron chi connectivity index (χ3n) is 3.47. The predicted octanol–water partition coefficient (Wildman–Crippen LogP) is 5.08. The van der Waals surface area contributed by atoms with E-state index in [0.717, 1.165) is 23.7 Å². The Hall–Kier alpha value is -2.74. The molecule has 0 saturated heterocycles. The molecule has 0 N–H and O–H groups in total. The molecular weight excluding hydrogens is 272 g/mol. The summed E-state index contributed by atoms with van der Waals surface area (Å²) in [6.07, 6.45) is 0.898. The summed E-state index contributed by atoms with van der Waals surface area (Å²) in [7, 11) is 1.68. The number of hydrogen-bond acceptors (Lipinski definition) is 2. The molecule has 2 nitrogen and oxygen atoms in total. The van der Waals surface area contributed by atoms with E-state index in [1.807, 2.05) is 54.6 Å². The lowest BCUT2D eigenvalue weighted by Crippen LogP contribution is -1.90. The van der Waals surface area contributed by atoms with Gasteiger partial charge in [-0.25, -0.2) is 0 Å². The maximum Gasteiger partial charge on any atom is 0.127 e. The van der Waals surface area contributed by atoms with Gasteiger partial charge in [-0.3, -0.25) is 0 Å². The van der Waals surface area contributed by atoms with Gasteiger partial charge in [-0.1, -0.05) is 42.5 Å². The van der Waals surface area contributed by atoms with Crippen LogP contribution in [-0.2, 0) is 6.42 Å². The van der Waals surface area contributed by atoms with Crippen molar-refractivity contribution in [3.05, 3.63) is 90.0 Å². The third kappa shape index (κ3) is 3.67. The van der Waals surface area contributed by atoms with Crippen LogP contribution in [0.4, 0.5) is 0 Å². The lowest BCUT2D eigenvalue weighted by Gasteiger charge is -2.07. The molecule has 0 unspecified atom stereocenters. The van der Waals surface area contributed by atoms with E-state index >= 15 is 0 Å². The van der Waals surface area contributed by atoms with Gasteiger partial charge in [0.1, 0.15) is 17.2 Å². The van der Waals surface area contributed by atoms with Crippen molar-refractivity contribution in [1.29, 1.82) is 0 Å². The highest BCUT2D eigenvalue weighted by molar-refractivity contribution is 5.36. The second-order valence-electron chi connectivity index (χ2n) is 5.08. The molecule has 0 aliphatic heterocycles. The molecule has 0 saturated carbocycles. The summed E-state index contributed by atoms with van der Waals surface area (Å²) in [5.74, 6) is 2.59. The number of hydrogen-bond donors (Lipinski definition) is 0. The zero-order chi connectivity index (χ0) is 15.2. The summed E-state index contributed by atoms with van der Waals surface area (Å²) >= 11 is 0. The van der Waals surface area contributed by atoms with Crippen LogP contribution in [0.25, 0.3) is 0 Å². The highest BCUT2D eigenvalue weighted by atomic mass is 16.5. The first kappa shape index (κ1) is 14.2. The lowest BCUT2D eigenvalue weighted by atomic mass is 10.0. The van der Waals surface area contributed by atoms with Gasteiger partial charge in [-0.05, 0) is 53.9 Å². The number of para-hydroxylation sites is 1. The molecule has 0 bridgehead atoms. The van der Waals surface area contributed by atoms with Crippen LogP contribution in [-0.4, -0.2) is 7.11 Å². The van der Waals surface area contributed by atoms with Crippen molar-refractivity contribution in [2.45, 2.75) is 6.42 Å². The molecule has 22 heavy (non-hydrogen) atoms. The third-order valence-corrected chi connectivity index (χ3v) is 3.47. The topological polar surface area (TPSA) is 18.5 Å². The van der Waals surface area contributed by atoms with Crippen molar-refractivity contribution in [3.63, 3.8) is 0 Å². The molecule has 3 aromatic rings. The van der Waals surface area contributed by atoms with Crippen molar-refractivity contribution in [3.8, 4) is 17.2 Å². The average Bonchev–Trinajstić information content (AvgIpc) is 2.58. The van der Waals surface area contributed by atoms with Crippen molar-refractivity contribution in [2.75, 3.05) is 7.11 Å². The van der Waals surface area contributed by atoms with E-state index in [2.05, 4.69) is 24.3 Å². The molecule has 0 radical (unpaired) electrons. The van der Waals surface area contributed by atoms with Gasteiger partial charge in [0.05, 0.1) is 7.11 Å². The Morgan fingerprint density at radius 1 is 0.591 bits per heavy atom. The quantitative estimate of drug-likeness (QED) is 0.652. The first-order valence-electron chi connectivity index (χ1n) is 7.28. The number of benzene rings is 3. The first-order valence-corrected chi connectivity index (χ1v) is 7.28. The number of rotatable bonds is 5. The minimum atomic E-state index is 0.852. The minimum Gasteiger partial charge on any atom is -0.497 e. The van der Waals surface area contributed by atoms with Gasteiger partial charge in [-0.15, -0.1) is 0 Å². The maximum absolute atomic E-state index is 5.80. The van der Waals surface area contributed by atoms with E-state index in [4.69, 9.17) is 9.47 Å². The Labute approximate surface area is 131 Å². The maximum atomic E-state index is 5.80. The minimum absolute atomic E-state index is 0.852. The summed E-state index contributed by atoms with van der Waals surface area (Å²) in [5, 5.41) is 0. The second-order valence-corrected chi connectivity index (χ2v) is 5.08. The summed E-state index contributed by atoms with van der Waals surface area (Å²) < 4.78 is 11.0. The van der Waals surface area contributed by atoms with Crippen molar-refractivity contribution < 1.29 is 9.47 Å². The summed E-state index contributed by atoms with van der Waals surface area (Å²) in [6.45, 7) is 0. The summed E-state index contributed by atoms with van der Waals surface area (Å²) in [6, 6.07) is 26.2. The van der Waals surface area contributed by atoms with E-state index in [0.29, 0.717) is 0 Å². The van der Waals surface area contributed by atoms with E-state index in [1.54, 1.807) is 7.11 Å². The molecule has 0 heterocycles. The highest BCUT2D eigenvalue weighted by Gasteiger charge is 2.00. The SMILES string of the molecule is COc1ccc(Cc2ccc(Oc3ccccc3)cc2)cc1. The molecule has 3 rings (SSSR count). The normalized spacial score (nSPS) is 10.2. The lowest BCUT2D eigenvalue weighted by molar-refractivity contribution is 0.414. The molecule has 0 aromatic heterocycles. The van der Waals surface area contributed by atoms with Gasteiger partial charge >= 0.3 is 0 Å². The largest absolute Gasteiger partial charge is 0.497 e. The van der Waals surface area contributed by atoms with Crippen LogP contribution in [0.5, 0.6) is 17.2 Å². The van der Waals surface area contributed by atoms with E-state index in [1.165, 1.54) is 11.1 Å². The van der Waals surface area contributed by atoms with Gasteiger partial charge in [0.15, 0.2) is 0 Å². The Bertz CT molecular complexity index is 701. The van der Waals surface area contributed by atoms with Gasteiger partial charge in [0, 0.05) is 0 Å². The molecular formula is C20H18O2. The van der Waals surface area contributed by atoms with Crippen LogP contribution in [0.1, 0.15) is 11.1 Å². The van der Waals surface area contributed by atoms with Crippen LogP contribution in [0.2, 0.25) is 0 Å². The molecule has 0 aliphatic rings. The molecule has 0 atom stereocenters. The van der Waals surface area contributed by atoms with Crippen LogP contribution in [0, 0.1) is 0 Å². The Balaban J connectivity index is 1.66. The molecule has 0 spiro atoms. The molecule has 0 amide bonds. The Kier molecular flexibility index (Phi) is 4.40. The molecule has 3 aromatic carbocycles.